The maximum Gasteiger partial charge on any atom is 0.277 e. The number of nitrogens with zero attached hydrogens (tertiary/aromatic N) is 3. The largest absolute Gasteiger partial charge is 0.339 e. The Morgan fingerprint density at radius 1 is 1.52 bits per heavy atom. The zero-order valence-corrected chi connectivity index (χ0v) is 12.6. The molecule has 0 bridgehead atoms. The number of piperidine rings is 1. The minimum Gasteiger partial charge on any atom is -0.339 e. The van der Waals surface area contributed by atoms with E-state index in [1.54, 1.807) is 0 Å². The Labute approximate surface area is 125 Å². The molecular weight excluding hydrogens is 290 g/mol. The molecule has 0 unspecified atom stereocenters. The van der Waals surface area contributed by atoms with Gasteiger partial charge in [-0.15, -0.1) is 0 Å². The summed E-state index contributed by atoms with van der Waals surface area (Å²) in [7, 11) is 0. The number of fused-ring (bicyclic) bond motifs is 1. The summed E-state index contributed by atoms with van der Waals surface area (Å²) in [6, 6.07) is 0.299. The lowest BCUT2D eigenvalue weighted by atomic mass is 10.0. The normalized spacial score (nSPS) is 19.1. The van der Waals surface area contributed by atoms with Gasteiger partial charge in [0.25, 0.3) is 5.56 Å². The minimum atomic E-state index is -0.265. The second kappa shape index (κ2) is 5.88. The quantitative estimate of drug-likeness (QED) is 0.655. The summed E-state index contributed by atoms with van der Waals surface area (Å²) < 4.78 is 0. The van der Waals surface area contributed by atoms with E-state index in [1.165, 1.54) is 24.5 Å². The molecule has 8 heteroatoms. The van der Waals surface area contributed by atoms with Crippen LogP contribution in [-0.2, 0) is 4.79 Å². The number of thioether (sulfide) groups is 1. The Kier molecular flexibility index (Phi) is 3.96. The van der Waals surface area contributed by atoms with Crippen molar-refractivity contribution < 1.29 is 4.79 Å². The summed E-state index contributed by atoms with van der Waals surface area (Å²) in [4.78, 5) is 39.5. The summed E-state index contributed by atoms with van der Waals surface area (Å²) in [5, 5.41) is 0.428. The molecular formula is C13H17N5O2S. The zero-order valence-electron chi connectivity index (χ0n) is 11.8. The first-order valence-electron chi connectivity index (χ1n) is 7.01. The monoisotopic (exact) mass is 307 g/mol. The molecule has 3 rings (SSSR count). The van der Waals surface area contributed by atoms with E-state index in [1.807, 2.05) is 4.90 Å². The predicted molar refractivity (Wildman–Crippen MR) is 80.3 cm³/mol. The van der Waals surface area contributed by atoms with Gasteiger partial charge >= 0.3 is 0 Å². The lowest BCUT2D eigenvalue weighted by Crippen LogP contribution is -2.43. The van der Waals surface area contributed by atoms with Gasteiger partial charge in [-0.05, 0) is 26.2 Å². The number of hydrogen-bond acceptors (Lipinski definition) is 5. The minimum absolute atomic E-state index is 0.0944. The Hall–Kier alpha value is -1.83. The Balaban J connectivity index is 1.68. The number of aromatic nitrogens is 4. The molecule has 7 nitrogen and oxygen atoms in total. The van der Waals surface area contributed by atoms with E-state index in [0.29, 0.717) is 22.4 Å². The fraction of sp³-hybridized carbons (Fsp3) is 0.538. The lowest BCUT2D eigenvalue weighted by Gasteiger charge is -2.33. The second-order valence-corrected chi connectivity index (χ2v) is 6.16. The number of carbonyl (C=O) groups excluding carboxylic acids is 1. The van der Waals surface area contributed by atoms with E-state index in [0.717, 1.165) is 19.4 Å². The van der Waals surface area contributed by atoms with E-state index in [-0.39, 0.29) is 17.2 Å². The number of aromatic amines is 2. The molecule has 3 heterocycles. The van der Waals surface area contributed by atoms with Crippen LogP contribution in [0.3, 0.4) is 0 Å². The van der Waals surface area contributed by atoms with Crippen LogP contribution in [0.15, 0.2) is 16.3 Å². The fourth-order valence-electron chi connectivity index (χ4n) is 2.57. The summed E-state index contributed by atoms with van der Waals surface area (Å²) in [5.74, 6) is 0.375. The van der Waals surface area contributed by atoms with E-state index in [4.69, 9.17) is 0 Å². The van der Waals surface area contributed by atoms with Crippen molar-refractivity contribution in [2.45, 2.75) is 37.4 Å². The highest BCUT2D eigenvalue weighted by Gasteiger charge is 2.23. The van der Waals surface area contributed by atoms with Crippen molar-refractivity contribution in [3.05, 3.63) is 16.7 Å². The first kappa shape index (κ1) is 14.1. The van der Waals surface area contributed by atoms with Crippen LogP contribution in [0.4, 0.5) is 0 Å². The van der Waals surface area contributed by atoms with Gasteiger partial charge in [-0.1, -0.05) is 11.8 Å². The third-order valence-corrected chi connectivity index (χ3v) is 4.59. The molecule has 1 saturated heterocycles. The van der Waals surface area contributed by atoms with Crippen LogP contribution in [0.2, 0.25) is 0 Å². The molecule has 2 N–H and O–H groups in total. The highest BCUT2D eigenvalue weighted by atomic mass is 32.2. The zero-order chi connectivity index (χ0) is 14.8. The number of carbonyl (C=O) groups is 1. The summed E-state index contributed by atoms with van der Waals surface area (Å²) in [6.45, 7) is 2.90. The molecule has 1 aliphatic heterocycles. The van der Waals surface area contributed by atoms with Gasteiger partial charge in [0.15, 0.2) is 16.3 Å². The summed E-state index contributed by atoms with van der Waals surface area (Å²) in [6.07, 6.45) is 4.74. The predicted octanol–water partition coefficient (Wildman–Crippen LogP) is 1.14. The van der Waals surface area contributed by atoms with Crippen molar-refractivity contribution in [1.29, 1.82) is 0 Å². The van der Waals surface area contributed by atoms with Gasteiger partial charge in [-0.25, -0.2) is 9.97 Å². The third-order valence-electron chi connectivity index (χ3n) is 3.73. The average molecular weight is 307 g/mol. The SMILES string of the molecule is C[C@H]1CCCCN1C(=O)CSc1nc2nc[nH]c2c(=O)[nH]1. The molecule has 0 spiro atoms. The van der Waals surface area contributed by atoms with Gasteiger partial charge in [0.1, 0.15) is 0 Å². The molecule has 2 aromatic rings. The number of amides is 1. The Morgan fingerprint density at radius 2 is 2.38 bits per heavy atom. The topological polar surface area (TPSA) is 94.7 Å². The number of nitrogens with one attached hydrogen (secondary N) is 2. The maximum absolute atomic E-state index is 12.2. The summed E-state index contributed by atoms with van der Waals surface area (Å²) in [5.41, 5.74) is 0.467. The second-order valence-electron chi connectivity index (χ2n) is 5.19. The van der Waals surface area contributed by atoms with E-state index < -0.39 is 0 Å². The third kappa shape index (κ3) is 2.94. The van der Waals surface area contributed by atoms with Crippen molar-refractivity contribution in [3.8, 4) is 0 Å². The number of rotatable bonds is 3. The van der Waals surface area contributed by atoms with Gasteiger partial charge in [-0.2, -0.15) is 0 Å². The highest BCUT2D eigenvalue weighted by Crippen LogP contribution is 2.19. The van der Waals surface area contributed by atoms with Crippen LogP contribution >= 0.6 is 11.8 Å². The van der Waals surface area contributed by atoms with E-state index in [2.05, 4.69) is 26.9 Å². The fourth-order valence-corrected chi connectivity index (χ4v) is 3.31. The van der Waals surface area contributed by atoms with Gasteiger partial charge in [0.2, 0.25) is 5.91 Å². The van der Waals surface area contributed by atoms with Crippen LogP contribution in [0.5, 0.6) is 0 Å². The Morgan fingerprint density at radius 3 is 3.19 bits per heavy atom. The van der Waals surface area contributed by atoms with Gasteiger partial charge < -0.3 is 9.88 Å². The molecule has 112 valence electrons. The van der Waals surface area contributed by atoms with Crippen LogP contribution in [0, 0.1) is 0 Å². The molecule has 0 aliphatic carbocycles. The van der Waals surface area contributed by atoms with Crippen LogP contribution in [0.1, 0.15) is 26.2 Å². The van der Waals surface area contributed by atoms with E-state index >= 15 is 0 Å². The molecule has 0 aromatic carbocycles. The average Bonchev–Trinajstić information content (AvgIpc) is 2.94. The number of H-pyrrole nitrogens is 2. The van der Waals surface area contributed by atoms with Crippen molar-refractivity contribution in [3.63, 3.8) is 0 Å². The summed E-state index contributed by atoms with van der Waals surface area (Å²) >= 11 is 1.24. The molecule has 2 aromatic heterocycles. The van der Waals surface area contributed by atoms with Crippen LogP contribution in [0.25, 0.3) is 11.2 Å². The van der Waals surface area contributed by atoms with Crippen molar-refractivity contribution in [2.24, 2.45) is 0 Å². The highest BCUT2D eigenvalue weighted by molar-refractivity contribution is 7.99. The number of imidazole rings is 1. The number of likely N-dealkylation sites (tertiary alicyclic amines) is 1. The maximum atomic E-state index is 12.2. The molecule has 1 aliphatic rings. The first-order chi connectivity index (χ1) is 10.1. The molecule has 21 heavy (non-hydrogen) atoms. The molecule has 1 atom stereocenters. The van der Waals surface area contributed by atoms with Crippen molar-refractivity contribution in [1.82, 2.24) is 24.8 Å². The van der Waals surface area contributed by atoms with Crippen LogP contribution in [-0.4, -0.2) is 49.1 Å². The smallest absolute Gasteiger partial charge is 0.277 e. The van der Waals surface area contributed by atoms with Gasteiger partial charge in [0, 0.05) is 12.6 Å². The van der Waals surface area contributed by atoms with E-state index in [9.17, 15) is 9.59 Å². The molecule has 0 radical (unpaired) electrons. The molecule has 1 amide bonds. The first-order valence-corrected chi connectivity index (χ1v) is 7.99. The van der Waals surface area contributed by atoms with Crippen molar-refractivity contribution in [2.75, 3.05) is 12.3 Å². The van der Waals surface area contributed by atoms with Crippen LogP contribution < -0.4 is 5.56 Å². The van der Waals surface area contributed by atoms with Gasteiger partial charge in [-0.3, -0.25) is 14.6 Å². The van der Waals surface area contributed by atoms with Crippen molar-refractivity contribution >= 4 is 28.8 Å². The van der Waals surface area contributed by atoms with Gasteiger partial charge in [0.05, 0.1) is 12.1 Å². The lowest BCUT2D eigenvalue weighted by molar-refractivity contribution is -0.131. The molecule has 0 saturated carbocycles. The standard InChI is InChI=1S/C13H17N5O2S/c1-8-4-2-3-5-18(8)9(19)6-21-13-16-11-10(12(20)17-13)14-7-15-11/h7-8H,2-6H2,1H3,(H2,14,15,16,17,20)/t8-/m0/s1. The Bertz CT molecular complexity index is 710. The molecule has 1 fully saturated rings. The number of hydrogen-bond donors (Lipinski definition) is 2.